The first-order chi connectivity index (χ1) is 12.8. The first-order valence-electron chi connectivity index (χ1n) is 8.34. The molecule has 0 saturated heterocycles. The zero-order chi connectivity index (χ0) is 19.8. The third kappa shape index (κ3) is 7.41. The number of nitrogens with one attached hydrogen (secondary N) is 3. The minimum atomic E-state index is -2.89. The molecule has 0 aliphatic rings. The number of alkyl halides is 2. The van der Waals surface area contributed by atoms with Crippen molar-refractivity contribution in [2.45, 2.75) is 13.5 Å². The fourth-order valence-electron chi connectivity index (χ4n) is 2.38. The Morgan fingerprint density at radius 2 is 1.37 bits per heavy atom. The van der Waals surface area contributed by atoms with Crippen LogP contribution in [0.4, 0.5) is 20.2 Å². The standard InChI is InChI=1S/C19H21F2N3O3/c1-13-3-5-14(6-4-13)22-17(25)11-24(2)12-18(26)23-15-7-9-16(10-8-15)27-19(20)21/h3-10,19H,11-12H2,1-2H3,(H,22,25)(H,23,26)/p+1. The van der Waals surface area contributed by atoms with Crippen molar-refractivity contribution in [2.24, 2.45) is 0 Å². The second kappa shape index (κ2) is 9.63. The molecular formula is C19H22F2N3O3+. The molecule has 1 atom stereocenters. The van der Waals surface area contributed by atoms with Gasteiger partial charge in [0.25, 0.3) is 11.8 Å². The predicted molar refractivity (Wildman–Crippen MR) is 98.1 cm³/mol. The van der Waals surface area contributed by atoms with Gasteiger partial charge >= 0.3 is 6.61 Å². The minimum Gasteiger partial charge on any atom is -0.435 e. The fraction of sp³-hybridized carbons (Fsp3) is 0.263. The fourth-order valence-corrected chi connectivity index (χ4v) is 2.38. The van der Waals surface area contributed by atoms with Crippen LogP contribution in [-0.2, 0) is 9.59 Å². The molecular weight excluding hydrogens is 356 g/mol. The van der Waals surface area contributed by atoms with E-state index in [1.54, 1.807) is 7.05 Å². The Bertz CT molecular complexity index is 765. The van der Waals surface area contributed by atoms with Crippen LogP contribution in [0, 0.1) is 6.92 Å². The van der Waals surface area contributed by atoms with Crippen LogP contribution in [0.1, 0.15) is 5.56 Å². The van der Waals surface area contributed by atoms with E-state index in [1.165, 1.54) is 24.3 Å². The number of hydrogen-bond donors (Lipinski definition) is 3. The molecule has 0 fully saturated rings. The van der Waals surface area contributed by atoms with Crippen molar-refractivity contribution in [3.05, 3.63) is 54.1 Å². The van der Waals surface area contributed by atoms with Crippen LogP contribution in [0.15, 0.2) is 48.5 Å². The maximum absolute atomic E-state index is 12.1. The number of quaternary nitrogens is 1. The van der Waals surface area contributed by atoms with Gasteiger partial charge < -0.3 is 20.3 Å². The summed E-state index contributed by atoms with van der Waals surface area (Å²) in [6.07, 6.45) is 0. The summed E-state index contributed by atoms with van der Waals surface area (Å²) in [5, 5.41) is 5.43. The van der Waals surface area contributed by atoms with Gasteiger partial charge in [-0.05, 0) is 43.3 Å². The lowest BCUT2D eigenvalue weighted by Gasteiger charge is -2.14. The van der Waals surface area contributed by atoms with E-state index >= 15 is 0 Å². The highest BCUT2D eigenvalue weighted by Crippen LogP contribution is 2.17. The van der Waals surface area contributed by atoms with Crippen molar-refractivity contribution in [1.29, 1.82) is 0 Å². The molecule has 8 heteroatoms. The molecule has 1 unspecified atom stereocenters. The van der Waals surface area contributed by atoms with E-state index in [0.717, 1.165) is 5.56 Å². The molecule has 0 bridgehead atoms. The Morgan fingerprint density at radius 3 is 1.81 bits per heavy atom. The molecule has 0 saturated carbocycles. The van der Waals surface area contributed by atoms with Gasteiger partial charge in [0.1, 0.15) is 5.75 Å². The summed E-state index contributed by atoms with van der Waals surface area (Å²) in [5.41, 5.74) is 2.26. The largest absolute Gasteiger partial charge is 0.435 e. The number of anilines is 2. The van der Waals surface area contributed by atoms with E-state index < -0.39 is 6.61 Å². The molecule has 3 N–H and O–H groups in total. The Kier molecular flexibility index (Phi) is 7.25. The maximum Gasteiger partial charge on any atom is 0.387 e. The number of likely N-dealkylation sites (N-methyl/N-ethyl adjacent to an activating group) is 1. The first-order valence-corrected chi connectivity index (χ1v) is 8.34. The molecule has 0 radical (unpaired) electrons. The van der Waals surface area contributed by atoms with Crippen molar-refractivity contribution in [2.75, 3.05) is 30.8 Å². The lowest BCUT2D eigenvalue weighted by Crippen LogP contribution is -3.11. The van der Waals surface area contributed by atoms with Gasteiger partial charge in [-0.15, -0.1) is 0 Å². The molecule has 6 nitrogen and oxygen atoms in total. The average molecular weight is 378 g/mol. The molecule has 2 amide bonds. The van der Waals surface area contributed by atoms with Gasteiger partial charge in [0.05, 0.1) is 7.05 Å². The molecule has 2 aromatic rings. The van der Waals surface area contributed by atoms with Crippen LogP contribution < -0.4 is 20.3 Å². The second-order valence-corrected chi connectivity index (χ2v) is 6.18. The monoisotopic (exact) mass is 378 g/mol. The number of hydrogen-bond acceptors (Lipinski definition) is 3. The smallest absolute Gasteiger partial charge is 0.387 e. The lowest BCUT2D eigenvalue weighted by atomic mass is 10.2. The van der Waals surface area contributed by atoms with E-state index in [-0.39, 0.29) is 30.7 Å². The molecule has 2 rings (SSSR count). The number of benzene rings is 2. The summed E-state index contributed by atoms with van der Waals surface area (Å²) in [7, 11) is 1.73. The van der Waals surface area contributed by atoms with Crippen LogP contribution in [0.25, 0.3) is 0 Å². The van der Waals surface area contributed by atoms with Crippen molar-refractivity contribution in [1.82, 2.24) is 0 Å². The summed E-state index contributed by atoms with van der Waals surface area (Å²) in [4.78, 5) is 24.8. The highest BCUT2D eigenvalue weighted by molar-refractivity contribution is 5.93. The van der Waals surface area contributed by atoms with Crippen LogP contribution in [0.3, 0.4) is 0 Å². The van der Waals surface area contributed by atoms with Crippen LogP contribution in [0.2, 0.25) is 0 Å². The molecule has 0 aromatic heterocycles. The molecule has 0 spiro atoms. The van der Waals surface area contributed by atoms with Crippen molar-refractivity contribution >= 4 is 23.2 Å². The molecule has 0 aliphatic heterocycles. The van der Waals surface area contributed by atoms with Crippen molar-refractivity contribution < 1.29 is 28.0 Å². The summed E-state index contributed by atoms with van der Waals surface area (Å²) in [6, 6.07) is 13.0. The van der Waals surface area contributed by atoms with E-state index in [2.05, 4.69) is 15.4 Å². The van der Waals surface area contributed by atoms with Gasteiger partial charge in [-0.1, -0.05) is 17.7 Å². The lowest BCUT2D eigenvalue weighted by molar-refractivity contribution is -0.862. The normalized spacial score (nSPS) is 11.7. The van der Waals surface area contributed by atoms with Gasteiger partial charge in [0.15, 0.2) is 13.1 Å². The topological polar surface area (TPSA) is 71.9 Å². The number of halogens is 2. The number of carbonyl (C=O) groups excluding carboxylic acids is 2. The van der Waals surface area contributed by atoms with E-state index in [1.807, 2.05) is 31.2 Å². The Labute approximate surface area is 156 Å². The molecule has 27 heavy (non-hydrogen) atoms. The van der Waals surface area contributed by atoms with Gasteiger partial charge in [0, 0.05) is 11.4 Å². The maximum atomic E-state index is 12.1. The zero-order valence-corrected chi connectivity index (χ0v) is 15.1. The van der Waals surface area contributed by atoms with Crippen molar-refractivity contribution in [3.8, 4) is 5.75 Å². The number of carbonyl (C=O) groups is 2. The molecule has 0 heterocycles. The van der Waals surface area contributed by atoms with E-state index in [0.29, 0.717) is 16.3 Å². The number of ether oxygens (including phenoxy) is 1. The van der Waals surface area contributed by atoms with E-state index in [4.69, 9.17) is 0 Å². The Hall–Kier alpha value is -3.00. The number of amides is 2. The molecule has 0 aliphatic carbocycles. The first kappa shape index (κ1) is 20.3. The summed E-state index contributed by atoms with van der Waals surface area (Å²) < 4.78 is 28.5. The third-order valence-electron chi connectivity index (χ3n) is 3.62. The quantitative estimate of drug-likeness (QED) is 0.655. The second-order valence-electron chi connectivity index (χ2n) is 6.18. The number of aryl methyl sites for hydroxylation is 1. The molecule has 144 valence electrons. The minimum absolute atomic E-state index is 0.0125. The van der Waals surface area contributed by atoms with Crippen LogP contribution >= 0.6 is 0 Å². The van der Waals surface area contributed by atoms with Gasteiger partial charge in [-0.2, -0.15) is 8.78 Å². The number of rotatable bonds is 8. The summed E-state index contributed by atoms with van der Waals surface area (Å²) in [5.74, 6) is -0.477. The van der Waals surface area contributed by atoms with Crippen LogP contribution in [-0.4, -0.2) is 38.6 Å². The Morgan fingerprint density at radius 1 is 0.926 bits per heavy atom. The average Bonchev–Trinajstić information content (AvgIpc) is 2.58. The van der Waals surface area contributed by atoms with E-state index in [9.17, 15) is 18.4 Å². The van der Waals surface area contributed by atoms with Gasteiger partial charge in [-0.3, -0.25) is 9.59 Å². The van der Waals surface area contributed by atoms with Gasteiger partial charge in [0.2, 0.25) is 0 Å². The summed E-state index contributed by atoms with van der Waals surface area (Å²) in [6.45, 7) is -0.727. The van der Waals surface area contributed by atoms with Crippen LogP contribution in [0.5, 0.6) is 5.75 Å². The van der Waals surface area contributed by atoms with Crippen molar-refractivity contribution in [3.63, 3.8) is 0 Å². The van der Waals surface area contributed by atoms with Gasteiger partial charge in [-0.25, -0.2) is 0 Å². The Balaban J connectivity index is 1.77. The molecule has 2 aromatic carbocycles. The zero-order valence-electron chi connectivity index (χ0n) is 15.1. The third-order valence-corrected chi connectivity index (χ3v) is 3.62. The summed E-state index contributed by atoms with van der Waals surface area (Å²) >= 11 is 0. The predicted octanol–water partition coefficient (Wildman–Crippen LogP) is 1.69. The highest BCUT2D eigenvalue weighted by atomic mass is 19.3. The SMILES string of the molecule is Cc1ccc(NC(=O)C[NH+](C)CC(=O)Nc2ccc(OC(F)F)cc2)cc1. The highest BCUT2D eigenvalue weighted by Gasteiger charge is 2.14.